The van der Waals surface area contributed by atoms with E-state index in [0.29, 0.717) is 13.1 Å². The van der Waals surface area contributed by atoms with Gasteiger partial charge in [0.1, 0.15) is 12.4 Å². The summed E-state index contributed by atoms with van der Waals surface area (Å²) in [5, 5.41) is 24.9. The molecular formula is C17H22N4O4. The highest BCUT2D eigenvalue weighted by Crippen LogP contribution is 2.25. The van der Waals surface area contributed by atoms with Crippen LogP contribution >= 0.6 is 0 Å². The number of ether oxygens (including phenoxy) is 1. The second-order valence-electron chi connectivity index (χ2n) is 6.40. The molecule has 0 spiro atoms. The highest BCUT2D eigenvalue weighted by Gasteiger charge is 2.27. The number of aliphatic hydroxyl groups is 1. The van der Waals surface area contributed by atoms with Crippen molar-refractivity contribution in [1.82, 2.24) is 14.7 Å². The van der Waals surface area contributed by atoms with Crippen molar-refractivity contribution in [3.63, 3.8) is 0 Å². The smallest absolute Gasteiger partial charge is 0.306 e. The second kappa shape index (κ2) is 7.73. The molecule has 3 rings (SSSR count). The van der Waals surface area contributed by atoms with Gasteiger partial charge in [-0.05, 0) is 12.5 Å². The number of morpholine rings is 1. The van der Waals surface area contributed by atoms with Gasteiger partial charge in [0.15, 0.2) is 0 Å². The standard InChI is InChI=1S/C17H22N4O4/c1-13-8-19(12-17(25-13)14-5-3-2-4-6-14)10-16(22)11-20-9-15(7-18-20)21(23)24/h2-7,9,13,16-17,22H,8,10-12H2,1H3. The van der Waals surface area contributed by atoms with Gasteiger partial charge in [-0.2, -0.15) is 5.10 Å². The summed E-state index contributed by atoms with van der Waals surface area (Å²) in [6.07, 6.45) is 1.90. The molecule has 3 atom stereocenters. The molecule has 0 radical (unpaired) electrons. The first-order valence-electron chi connectivity index (χ1n) is 8.29. The molecule has 2 aromatic rings. The van der Waals surface area contributed by atoms with Crippen LogP contribution < -0.4 is 0 Å². The summed E-state index contributed by atoms with van der Waals surface area (Å²) >= 11 is 0. The minimum Gasteiger partial charge on any atom is -0.390 e. The number of nitrogens with zero attached hydrogens (tertiary/aromatic N) is 4. The molecule has 1 aliphatic heterocycles. The monoisotopic (exact) mass is 346 g/mol. The number of rotatable bonds is 6. The van der Waals surface area contributed by atoms with E-state index in [1.54, 1.807) is 0 Å². The Labute approximate surface area is 145 Å². The van der Waals surface area contributed by atoms with Crippen LogP contribution in [0, 0.1) is 10.1 Å². The summed E-state index contributed by atoms with van der Waals surface area (Å²) in [4.78, 5) is 12.4. The van der Waals surface area contributed by atoms with Crippen LogP contribution in [0.4, 0.5) is 5.69 Å². The van der Waals surface area contributed by atoms with Crippen LogP contribution in [-0.4, -0.2) is 56.6 Å². The Morgan fingerprint density at radius 1 is 1.36 bits per heavy atom. The van der Waals surface area contributed by atoms with E-state index in [2.05, 4.69) is 10.00 Å². The van der Waals surface area contributed by atoms with Crippen molar-refractivity contribution in [2.24, 2.45) is 0 Å². The lowest BCUT2D eigenvalue weighted by atomic mass is 10.1. The Hall–Kier alpha value is -2.29. The normalized spacial score (nSPS) is 22.6. The summed E-state index contributed by atoms with van der Waals surface area (Å²) < 4.78 is 7.42. The largest absolute Gasteiger partial charge is 0.390 e. The van der Waals surface area contributed by atoms with Gasteiger partial charge in [0.2, 0.25) is 0 Å². The molecular weight excluding hydrogens is 324 g/mol. The van der Waals surface area contributed by atoms with Crippen LogP contribution in [0.5, 0.6) is 0 Å². The summed E-state index contributed by atoms with van der Waals surface area (Å²) in [7, 11) is 0. The molecule has 1 aromatic carbocycles. The van der Waals surface area contributed by atoms with Crippen molar-refractivity contribution in [3.05, 3.63) is 58.4 Å². The summed E-state index contributed by atoms with van der Waals surface area (Å²) in [5.74, 6) is 0. The topological polar surface area (TPSA) is 93.7 Å². The van der Waals surface area contributed by atoms with Crippen LogP contribution in [0.25, 0.3) is 0 Å². The third-order valence-electron chi connectivity index (χ3n) is 4.20. The van der Waals surface area contributed by atoms with Crippen molar-refractivity contribution in [2.75, 3.05) is 19.6 Å². The van der Waals surface area contributed by atoms with Crippen LogP contribution in [0.3, 0.4) is 0 Å². The number of hydrogen-bond acceptors (Lipinski definition) is 6. The minimum atomic E-state index is -0.666. The highest BCUT2D eigenvalue weighted by molar-refractivity contribution is 5.20. The fraction of sp³-hybridized carbons (Fsp3) is 0.471. The molecule has 8 heteroatoms. The summed E-state index contributed by atoms with van der Waals surface area (Å²) in [6.45, 7) is 4.13. The minimum absolute atomic E-state index is 0.0251. The third kappa shape index (κ3) is 4.62. The zero-order valence-corrected chi connectivity index (χ0v) is 14.1. The SMILES string of the molecule is CC1CN(CC(O)Cn2cc([N+](=O)[O-])cn2)CC(c2ccccc2)O1. The van der Waals surface area contributed by atoms with Gasteiger partial charge in [-0.3, -0.25) is 19.7 Å². The van der Waals surface area contributed by atoms with E-state index in [9.17, 15) is 15.2 Å². The number of β-amino-alcohol motifs (C(OH)–C–C–N with tert-alkyl or cyclic N) is 1. The third-order valence-corrected chi connectivity index (χ3v) is 4.20. The lowest BCUT2D eigenvalue weighted by molar-refractivity contribution is -0.385. The number of benzene rings is 1. The van der Waals surface area contributed by atoms with Crippen molar-refractivity contribution >= 4 is 5.69 Å². The van der Waals surface area contributed by atoms with E-state index in [0.717, 1.165) is 12.1 Å². The fourth-order valence-electron chi connectivity index (χ4n) is 3.16. The highest BCUT2D eigenvalue weighted by atomic mass is 16.6. The predicted octanol–water partition coefficient (Wildman–Crippen LogP) is 1.61. The average molecular weight is 346 g/mol. The molecule has 0 bridgehead atoms. The molecule has 8 nitrogen and oxygen atoms in total. The Morgan fingerprint density at radius 2 is 2.12 bits per heavy atom. The second-order valence-corrected chi connectivity index (χ2v) is 6.40. The maximum Gasteiger partial charge on any atom is 0.306 e. The quantitative estimate of drug-likeness (QED) is 0.631. The number of nitro groups is 1. The summed E-state index contributed by atoms with van der Waals surface area (Å²) in [6, 6.07) is 10.0. The molecule has 1 fully saturated rings. The van der Waals surface area contributed by atoms with Gasteiger partial charge < -0.3 is 9.84 Å². The average Bonchev–Trinajstić information content (AvgIpc) is 3.03. The van der Waals surface area contributed by atoms with Crippen LogP contribution in [-0.2, 0) is 11.3 Å². The zero-order chi connectivity index (χ0) is 17.8. The summed E-state index contributed by atoms with van der Waals surface area (Å²) in [5.41, 5.74) is 1.05. The van der Waals surface area contributed by atoms with Crippen molar-refractivity contribution in [2.45, 2.75) is 31.8 Å². The van der Waals surface area contributed by atoms with Crippen molar-refractivity contribution in [1.29, 1.82) is 0 Å². The molecule has 0 saturated carbocycles. The van der Waals surface area contributed by atoms with Gasteiger partial charge in [-0.25, -0.2) is 0 Å². The van der Waals surface area contributed by atoms with E-state index >= 15 is 0 Å². The first kappa shape index (κ1) is 17.5. The Morgan fingerprint density at radius 3 is 2.80 bits per heavy atom. The van der Waals surface area contributed by atoms with Crippen molar-refractivity contribution in [3.8, 4) is 0 Å². The lowest BCUT2D eigenvalue weighted by Crippen LogP contribution is -2.46. The van der Waals surface area contributed by atoms with E-state index in [-0.39, 0.29) is 24.4 Å². The molecule has 1 N–H and O–H groups in total. The predicted molar refractivity (Wildman–Crippen MR) is 91.1 cm³/mol. The van der Waals surface area contributed by atoms with Gasteiger partial charge in [-0.15, -0.1) is 0 Å². The van der Waals surface area contributed by atoms with E-state index < -0.39 is 11.0 Å². The van der Waals surface area contributed by atoms with Crippen LogP contribution in [0.2, 0.25) is 0 Å². The Balaban J connectivity index is 1.58. The van der Waals surface area contributed by atoms with Gasteiger partial charge >= 0.3 is 5.69 Å². The molecule has 0 aliphatic carbocycles. The van der Waals surface area contributed by atoms with Crippen LogP contribution in [0.15, 0.2) is 42.7 Å². The maximum absolute atomic E-state index is 10.7. The van der Waals surface area contributed by atoms with Crippen molar-refractivity contribution < 1.29 is 14.8 Å². The van der Waals surface area contributed by atoms with E-state index in [1.807, 2.05) is 37.3 Å². The molecule has 1 aromatic heterocycles. The Bertz CT molecular complexity index is 706. The zero-order valence-electron chi connectivity index (χ0n) is 14.1. The molecule has 134 valence electrons. The molecule has 25 heavy (non-hydrogen) atoms. The number of hydrogen-bond donors (Lipinski definition) is 1. The molecule has 1 aliphatic rings. The first-order valence-corrected chi connectivity index (χ1v) is 8.29. The molecule has 1 saturated heterocycles. The van der Waals surface area contributed by atoms with E-state index in [4.69, 9.17) is 4.74 Å². The van der Waals surface area contributed by atoms with E-state index in [1.165, 1.54) is 17.1 Å². The fourth-order valence-corrected chi connectivity index (χ4v) is 3.16. The molecule has 3 unspecified atom stereocenters. The van der Waals surface area contributed by atoms with Gasteiger partial charge in [0.25, 0.3) is 0 Å². The number of aromatic nitrogens is 2. The molecule has 2 heterocycles. The first-order chi connectivity index (χ1) is 12.0. The van der Waals surface area contributed by atoms with Gasteiger partial charge in [-0.1, -0.05) is 30.3 Å². The number of aliphatic hydroxyl groups excluding tert-OH is 1. The lowest BCUT2D eigenvalue weighted by Gasteiger charge is -2.37. The molecule has 0 amide bonds. The van der Waals surface area contributed by atoms with Crippen LogP contribution in [0.1, 0.15) is 18.6 Å². The maximum atomic E-state index is 10.7. The van der Waals surface area contributed by atoms with Gasteiger partial charge in [0, 0.05) is 19.6 Å². The Kier molecular flexibility index (Phi) is 5.42. The van der Waals surface area contributed by atoms with Gasteiger partial charge in [0.05, 0.1) is 29.8 Å².